The molecule has 0 radical (unpaired) electrons. The summed E-state index contributed by atoms with van der Waals surface area (Å²) in [4.78, 5) is 16.5. The Labute approximate surface area is 130 Å². The van der Waals surface area contributed by atoms with Gasteiger partial charge in [-0.15, -0.1) is 0 Å². The van der Waals surface area contributed by atoms with E-state index < -0.39 is 0 Å². The fraction of sp³-hybridized carbons (Fsp3) is 0.714. The van der Waals surface area contributed by atoms with E-state index in [9.17, 15) is 4.79 Å². The molecule has 1 aromatic rings. The standard InChI is InChI=1S/C14H24ClN5O/c1-10-8-19(9-11(2)17-10)12-7-16-20(6-5-18(3)4)14(21)13(12)15/h7,10-11,17H,5-6,8-9H2,1-4H3. The summed E-state index contributed by atoms with van der Waals surface area (Å²) < 4.78 is 1.43. The fourth-order valence-electron chi connectivity index (χ4n) is 2.65. The Bertz CT molecular complexity index is 535. The number of rotatable bonds is 4. The highest BCUT2D eigenvalue weighted by Gasteiger charge is 2.24. The van der Waals surface area contributed by atoms with Crippen molar-refractivity contribution in [1.82, 2.24) is 20.0 Å². The van der Waals surface area contributed by atoms with Gasteiger partial charge in [0.05, 0.1) is 18.4 Å². The molecule has 0 amide bonds. The van der Waals surface area contributed by atoms with Gasteiger partial charge in [0.15, 0.2) is 0 Å². The fourth-order valence-corrected chi connectivity index (χ4v) is 2.92. The Kier molecular flexibility index (Phi) is 5.24. The SMILES string of the molecule is CC1CN(c2cnn(CCN(C)C)c(=O)c2Cl)CC(C)N1. The van der Waals surface area contributed by atoms with Gasteiger partial charge in [-0.05, 0) is 27.9 Å². The van der Waals surface area contributed by atoms with Gasteiger partial charge in [0.25, 0.3) is 5.56 Å². The van der Waals surface area contributed by atoms with Crippen LogP contribution in [0.25, 0.3) is 0 Å². The summed E-state index contributed by atoms with van der Waals surface area (Å²) in [5, 5.41) is 8.00. The molecule has 0 spiro atoms. The molecule has 0 aliphatic carbocycles. The minimum Gasteiger partial charge on any atom is -0.366 e. The molecule has 7 heteroatoms. The predicted molar refractivity (Wildman–Crippen MR) is 86.3 cm³/mol. The second-order valence-electron chi connectivity index (χ2n) is 6.05. The molecule has 2 heterocycles. The van der Waals surface area contributed by atoms with E-state index >= 15 is 0 Å². The summed E-state index contributed by atoms with van der Waals surface area (Å²) in [7, 11) is 3.93. The first-order valence-corrected chi connectivity index (χ1v) is 7.67. The Balaban J connectivity index is 2.22. The molecule has 0 saturated carbocycles. The van der Waals surface area contributed by atoms with Gasteiger partial charge in [0, 0.05) is 31.7 Å². The lowest BCUT2D eigenvalue weighted by molar-refractivity contribution is 0.367. The van der Waals surface area contributed by atoms with Gasteiger partial charge in [-0.2, -0.15) is 5.10 Å². The van der Waals surface area contributed by atoms with Crippen LogP contribution in [0.5, 0.6) is 0 Å². The maximum Gasteiger partial charge on any atom is 0.287 e. The Hall–Kier alpha value is -1.11. The molecule has 1 N–H and O–H groups in total. The highest BCUT2D eigenvalue weighted by atomic mass is 35.5. The van der Waals surface area contributed by atoms with E-state index in [1.54, 1.807) is 6.20 Å². The molecule has 1 aromatic heterocycles. The van der Waals surface area contributed by atoms with Gasteiger partial charge >= 0.3 is 0 Å². The van der Waals surface area contributed by atoms with Crippen molar-refractivity contribution in [1.29, 1.82) is 0 Å². The molecule has 6 nitrogen and oxygen atoms in total. The number of nitrogens with zero attached hydrogens (tertiary/aromatic N) is 4. The lowest BCUT2D eigenvalue weighted by Gasteiger charge is -2.37. The van der Waals surface area contributed by atoms with Crippen LogP contribution in [-0.4, -0.2) is 60.5 Å². The molecule has 0 aromatic carbocycles. The first-order valence-electron chi connectivity index (χ1n) is 7.30. The Morgan fingerprint density at radius 2 is 2.00 bits per heavy atom. The zero-order valence-electron chi connectivity index (χ0n) is 13.1. The van der Waals surface area contributed by atoms with Crippen molar-refractivity contribution in [2.75, 3.05) is 38.6 Å². The lowest BCUT2D eigenvalue weighted by Crippen LogP contribution is -2.54. The third-order valence-electron chi connectivity index (χ3n) is 3.62. The molecule has 0 bridgehead atoms. The first kappa shape index (κ1) is 16.3. The van der Waals surface area contributed by atoms with E-state index in [1.165, 1.54) is 4.68 Å². The quantitative estimate of drug-likeness (QED) is 0.884. The maximum absolute atomic E-state index is 12.3. The van der Waals surface area contributed by atoms with E-state index in [-0.39, 0.29) is 10.6 Å². The number of hydrogen-bond donors (Lipinski definition) is 1. The van der Waals surface area contributed by atoms with Gasteiger partial charge in [-0.3, -0.25) is 4.79 Å². The molecule has 21 heavy (non-hydrogen) atoms. The summed E-state index contributed by atoms with van der Waals surface area (Å²) in [6.07, 6.45) is 1.71. The summed E-state index contributed by atoms with van der Waals surface area (Å²) in [6, 6.07) is 0.724. The third-order valence-corrected chi connectivity index (χ3v) is 3.98. The van der Waals surface area contributed by atoms with Crippen molar-refractivity contribution >= 4 is 17.3 Å². The van der Waals surface area contributed by atoms with Crippen molar-refractivity contribution in [2.24, 2.45) is 0 Å². The molecule has 2 unspecified atom stereocenters. The van der Waals surface area contributed by atoms with Crippen LogP contribution in [0.15, 0.2) is 11.0 Å². The zero-order valence-corrected chi connectivity index (χ0v) is 13.9. The van der Waals surface area contributed by atoms with E-state index in [2.05, 4.69) is 29.2 Å². The van der Waals surface area contributed by atoms with Crippen molar-refractivity contribution in [3.05, 3.63) is 21.6 Å². The van der Waals surface area contributed by atoms with Crippen molar-refractivity contribution < 1.29 is 0 Å². The summed E-state index contributed by atoms with van der Waals surface area (Å²) in [5.41, 5.74) is 0.526. The number of anilines is 1. The van der Waals surface area contributed by atoms with Gasteiger partial charge in [0.2, 0.25) is 0 Å². The Morgan fingerprint density at radius 3 is 2.57 bits per heavy atom. The molecule has 1 aliphatic rings. The molecule has 1 aliphatic heterocycles. The maximum atomic E-state index is 12.3. The average Bonchev–Trinajstić information content (AvgIpc) is 2.39. The van der Waals surface area contributed by atoms with Crippen LogP contribution in [-0.2, 0) is 6.54 Å². The number of halogens is 1. The first-order chi connectivity index (χ1) is 9.88. The molecule has 2 atom stereocenters. The van der Waals surface area contributed by atoms with Crippen LogP contribution < -0.4 is 15.8 Å². The molecule has 1 saturated heterocycles. The van der Waals surface area contributed by atoms with Gasteiger partial charge in [-0.25, -0.2) is 4.68 Å². The summed E-state index contributed by atoms with van der Waals surface area (Å²) in [5.74, 6) is 0. The number of piperazine rings is 1. The smallest absolute Gasteiger partial charge is 0.287 e. The van der Waals surface area contributed by atoms with Crippen LogP contribution >= 0.6 is 11.6 Å². The summed E-state index contributed by atoms with van der Waals surface area (Å²) in [6.45, 7) is 7.20. The van der Waals surface area contributed by atoms with Crippen LogP contribution in [0.4, 0.5) is 5.69 Å². The predicted octanol–water partition coefficient (Wildman–Crippen LogP) is 0.645. The van der Waals surface area contributed by atoms with E-state index in [1.807, 2.05) is 19.0 Å². The molecule has 2 rings (SSSR count). The number of aromatic nitrogens is 2. The minimum atomic E-state index is -0.213. The van der Waals surface area contributed by atoms with Gasteiger partial charge in [0.1, 0.15) is 5.02 Å². The van der Waals surface area contributed by atoms with E-state index in [0.717, 1.165) is 25.3 Å². The number of hydrogen-bond acceptors (Lipinski definition) is 5. The van der Waals surface area contributed by atoms with Gasteiger partial charge in [-0.1, -0.05) is 11.6 Å². The third kappa shape index (κ3) is 3.96. The van der Waals surface area contributed by atoms with Crippen molar-refractivity contribution in [3.8, 4) is 0 Å². The number of likely N-dealkylation sites (N-methyl/N-ethyl adjacent to an activating group) is 1. The van der Waals surface area contributed by atoms with E-state index in [4.69, 9.17) is 11.6 Å². The van der Waals surface area contributed by atoms with Gasteiger partial charge < -0.3 is 15.1 Å². The van der Waals surface area contributed by atoms with Crippen LogP contribution in [0.3, 0.4) is 0 Å². The normalized spacial score (nSPS) is 22.9. The second-order valence-corrected chi connectivity index (χ2v) is 6.43. The molecular formula is C14H24ClN5O. The van der Waals surface area contributed by atoms with Crippen molar-refractivity contribution in [3.63, 3.8) is 0 Å². The molecule has 1 fully saturated rings. The second kappa shape index (κ2) is 6.77. The molecular weight excluding hydrogens is 290 g/mol. The monoisotopic (exact) mass is 313 g/mol. The minimum absolute atomic E-state index is 0.213. The van der Waals surface area contributed by atoms with E-state index in [0.29, 0.717) is 18.6 Å². The average molecular weight is 314 g/mol. The molecule has 118 valence electrons. The topological polar surface area (TPSA) is 53.4 Å². The highest BCUT2D eigenvalue weighted by molar-refractivity contribution is 6.33. The van der Waals surface area contributed by atoms with Crippen molar-refractivity contribution in [2.45, 2.75) is 32.5 Å². The van der Waals surface area contributed by atoms with Crippen LogP contribution in [0, 0.1) is 0 Å². The summed E-state index contributed by atoms with van der Waals surface area (Å²) >= 11 is 6.29. The highest BCUT2D eigenvalue weighted by Crippen LogP contribution is 2.23. The van der Waals surface area contributed by atoms with Crippen LogP contribution in [0.1, 0.15) is 13.8 Å². The lowest BCUT2D eigenvalue weighted by atomic mass is 10.1. The largest absolute Gasteiger partial charge is 0.366 e. The Morgan fingerprint density at radius 1 is 1.38 bits per heavy atom. The van der Waals surface area contributed by atoms with Crippen LogP contribution in [0.2, 0.25) is 5.02 Å². The number of nitrogens with one attached hydrogen (secondary N) is 1. The zero-order chi connectivity index (χ0) is 15.6.